The maximum atomic E-state index is 10.9. The zero-order valence-corrected chi connectivity index (χ0v) is 9.38. The molecule has 1 rings (SSSR count). The van der Waals surface area contributed by atoms with Crippen LogP contribution >= 0.6 is 23.6 Å². The molecule has 6 heteroatoms. The molecule has 0 aliphatic heterocycles. The van der Waals surface area contributed by atoms with Crippen molar-refractivity contribution in [1.29, 1.82) is 0 Å². The van der Waals surface area contributed by atoms with Crippen molar-refractivity contribution >= 4 is 39.6 Å². The molecule has 4 nitrogen and oxygen atoms in total. The number of nitrogens with two attached hydrogens (primary N) is 1. The number of carbonyl (C=O) groups is 1. The normalized spacial score (nSPS) is 9.86. The molecule has 0 aliphatic rings. The summed E-state index contributed by atoms with van der Waals surface area (Å²) in [7, 11) is 0. The second kappa shape index (κ2) is 3.93. The van der Waals surface area contributed by atoms with Gasteiger partial charge in [-0.2, -0.15) is 0 Å². The summed E-state index contributed by atoms with van der Waals surface area (Å²) in [5.74, 6) is -0.967. The number of anilines is 1. The zero-order chi connectivity index (χ0) is 10.9. The third-order valence-corrected chi connectivity index (χ3v) is 3.06. The highest BCUT2D eigenvalue weighted by molar-refractivity contribution is 7.80. The van der Waals surface area contributed by atoms with E-state index in [1.165, 1.54) is 11.3 Å². The van der Waals surface area contributed by atoms with Crippen LogP contribution in [0.3, 0.4) is 0 Å². The molecule has 0 amide bonds. The molecule has 0 saturated heterocycles. The molecule has 0 bridgehead atoms. The van der Waals surface area contributed by atoms with Gasteiger partial charge in [-0.1, -0.05) is 0 Å². The largest absolute Gasteiger partial charge is 0.478 e. The minimum absolute atomic E-state index is 0.0775. The molecular weight excluding hydrogens is 220 g/mol. The first-order valence-electron chi connectivity index (χ1n) is 3.83. The number of hydrogen-bond donors (Lipinski definition) is 3. The number of rotatable bonds is 2. The maximum Gasteiger partial charge on any atom is 0.338 e. The molecule has 4 N–H and O–H groups in total. The summed E-state index contributed by atoms with van der Waals surface area (Å²) in [6.07, 6.45) is 0. The van der Waals surface area contributed by atoms with E-state index >= 15 is 0 Å². The summed E-state index contributed by atoms with van der Waals surface area (Å²) < 4.78 is 0. The smallest absolute Gasteiger partial charge is 0.338 e. The van der Waals surface area contributed by atoms with E-state index in [2.05, 4.69) is 17.5 Å². The Morgan fingerprint density at radius 2 is 2.14 bits per heavy atom. The number of nitrogens with one attached hydrogen (secondary N) is 1. The van der Waals surface area contributed by atoms with Crippen LogP contribution < -0.4 is 11.1 Å². The van der Waals surface area contributed by atoms with Gasteiger partial charge in [0.1, 0.15) is 5.00 Å². The van der Waals surface area contributed by atoms with Crippen molar-refractivity contribution in [1.82, 2.24) is 0 Å². The van der Waals surface area contributed by atoms with Crippen LogP contribution in [0.5, 0.6) is 0 Å². The molecule has 14 heavy (non-hydrogen) atoms. The summed E-state index contributed by atoms with van der Waals surface area (Å²) in [6, 6.07) is 0. The van der Waals surface area contributed by atoms with Gasteiger partial charge in [-0.05, 0) is 31.6 Å². The van der Waals surface area contributed by atoms with Gasteiger partial charge in [0.05, 0.1) is 5.56 Å². The first-order chi connectivity index (χ1) is 6.43. The van der Waals surface area contributed by atoms with Crippen molar-refractivity contribution in [2.75, 3.05) is 5.32 Å². The monoisotopic (exact) mass is 230 g/mol. The van der Waals surface area contributed by atoms with Crippen LogP contribution in [0.1, 0.15) is 20.8 Å². The van der Waals surface area contributed by atoms with E-state index in [9.17, 15) is 4.79 Å². The second-order valence-corrected chi connectivity index (χ2v) is 4.45. The Hall–Kier alpha value is -1.14. The summed E-state index contributed by atoms with van der Waals surface area (Å²) in [6.45, 7) is 3.62. The van der Waals surface area contributed by atoms with Gasteiger partial charge in [0.2, 0.25) is 0 Å². The Morgan fingerprint density at radius 3 is 2.57 bits per heavy atom. The minimum Gasteiger partial charge on any atom is -0.478 e. The number of thiophene rings is 1. The zero-order valence-electron chi connectivity index (χ0n) is 7.75. The van der Waals surface area contributed by atoms with Crippen LogP contribution in [0.4, 0.5) is 5.00 Å². The van der Waals surface area contributed by atoms with Crippen molar-refractivity contribution in [3.63, 3.8) is 0 Å². The Kier molecular flexibility index (Phi) is 3.07. The third-order valence-electron chi connectivity index (χ3n) is 1.84. The molecule has 0 spiro atoms. The van der Waals surface area contributed by atoms with Gasteiger partial charge in [-0.15, -0.1) is 11.3 Å². The highest BCUT2D eigenvalue weighted by atomic mass is 32.1. The lowest BCUT2D eigenvalue weighted by molar-refractivity contribution is 0.0697. The lowest BCUT2D eigenvalue weighted by Gasteiger charge is -2.01. The fourth-order valence-corrected chi connectivity index (χ4v) is 2.32. The van der Waals surface area contributed by atoms with Gasteiger partial charge in [0.25, 0.3) is 0 Å². The van der Waals surface area contributed by atoms with Gasteiger partial charge in [-0.25, -0.2) is 4.79 Å². The average Bonchev–Trinajstić information content (AvgIpc) is 2.26. The van der Waals surface area contributed by atoms with Gasteiger partial charge in [-0.3, -0.25) is 0 Å². The molecule has 0 saturated carbocycles. The van der Waals surface area contributed by atoms with Gasteiger partial charge in [0.15, 0.2) is 5.11 Å². The van der Waals surface area contributed by atoms with Crippen molar-refractivity contribution in [2.24, 2.45) is 5.73 Å². The topological polar surface area (TPSA) is 75.3 Å². The molecule has 0 aliphatic carbocycles. The molecule has 1 aromatic heterocycles. The number of thiocarbonyl (C=S) groups is 1. The van der Waals surface area contributed by atoms with Crippen LogP contribution in [0.25, 0.3) is 0 Å². The third kappa shape index (κ3) is 2.02. The predicted molar refractivity (Wildman–Crippen MR) is 61.2 cm³/mol. The first-order valence-corrected chi connectivity index (χ1v) is 5.05. The van der Waals surface area contributed by atoms with Gasteiger partial charge >= 0.3 is 5.97 Å². The van der Waals surface area contributed by atoms with E-state index in [1.807, 2.05) is 6.92 Å². The Bertz CT molecular complexity index is 398. The standard InChI is InChI=1S/C8H10N2O2S2/c1-3-4(2)14-6(10-8(9)13)5(3)7(11)12/h1-2H3,(H,11,12)(H3,9,10,13). The Balaban J connectivity index is 3.22. The molecular formula is C8H10N2O2S2. The average molecular weight is 230 g/mol. The molecule has 76 valence electrons. The molecule has 0 atom stereocenters. The van der Waals surface area contributed by atoms with Crippen molar-refractivity contribution in [2.45, 2.75) is 13.8 Å². The number of aromatic carboxylic acids is 1. The van der Waals surface area contributed by atoms with Gasteiger partial charge in [0, 0.05) is 4.88 Å². The summed E-state index contributed by atoms with van der Waals surface area (Å²) in [5, 5.41) is 12.2. The first kappa shape index (κ1) is 10.9. The number of carboxylic acids is 1. The van der Waals surface area contributed by atoms with Crippen LogP contribution in [0.15, 0.2) is 0 Å². The van der Waals surface area contributed by atoms with Crippen LogP contribution in [-0.2, 0) is 0 Å². The molecule has 0 aromatic carbocycles. The number of carboxylic acid groups (broad SMARTS) is 1. The number of aryl methyl sites for hydroxylation is 1. The van der Waals surface area contributed by atoms with E-state index in [4.69, 9.17) is 10.8 Å². The summed E-state index contributed by atoms with van der Waals surface area (Å²) >= 11 is 5.99. The van der Waals surface area contributed by atoms with Gasteiger partial charge < -0.3 is 16.2 Å². The van der Waals surface area contributed by atoms with Crippen molar-refractivity contribution < 1.29 is 9.90 Å². The van der Waals surface area contributed by atoms with E-state index in [-0.39, 0.29) is 10.7 Å². The Labute approximate surface area is 90.7 Å². The Morgan fingerprint density at radius 1 is 1.57 bits per heavy atom. The van der Waals surface area contributed by atoms with E-state index in [0.29, 0.717) is 5.00 Å². The van der Waals surface area contributed by atoms with Crippen molar-refractivity contribution in [3.05, 3.63) is 16.0 Å². The molecule has 0 fully saturated rings. The van der Waals surface area contributed by atoms with Crippen LogP contribution in [0.2, 0.25) is 0 Å². The highest BCUT2D eigenvalue weighted by Gasteiger charge is 2.18. The van der Waals surface area contributed by atoms with Crippen LogP contribution in [-0.4, -0.2) is 16.2 Å². The summed E-state index contributed by atoms with van der Waals surface area (Å²) in [5.41, 5.74) is 6.29. The second-order valence-electron chi connectivity index (χ2n) is 2.78. The van der Waals surface area contributed by atoms with E-state index in [0.717, 1.165) is 10.4 Å². The number of hydrogen-bond acceptors (Lipinski definition) is 3. The van der Waals surface area contributed by atoms with Crippen molar-refractivity contribution in [3.8, 4) is 0 Å². The summed E-state index contributed by atoms with van der Waals surface area (Å²) in [4.78, 5) is 11.9. The minimum atomic E-state index is -0.967. The molecule has 0 radical (unpaired) electrons. The lowest BCUT2D eigenvalue weighted by atomic mass is 10.1. The predicted octanol–water partition coefficient (Wildman–Crippen LogP) is 1.72. The fraction of sp³-hybridized carbons (Fsp3) is 0.250. The SMILES string of the molecule is Cc1sc(NC(N)=S)c(C(=O)O)c1C. The van der Waals surface area contributed by atoms with E-state index < -0.39 is 5.97 Å². The van der Waals surface area contributed by atoms with Crippen LogP contribution in [0, 0.1) is 13.8 Å². The fourth-order valence-electron chi connectivity index (χ4n) is 1.08. The molecule has 1 aromatic rings. The van der Waals surface area contributed by atoms with E-state index in [1.54, 1.807) is 6.92 Å². The maximum absolute atomic E-state index is 10.9. The molecule has 1 heterocycles. The quantitative estimate of drug-likeness (QED) is 0.674. The highest BCUT2D eigenvalue weighted by Crippen LogP contribution is 2.32. The molecule has 0 unspecified atom stereocenters. The lowest BCUT2D eigenvalue weighted by Crippen LogP contribution is -2.19.